The van der Waals surface area contributed by atoms with Crippen LogP contribution in [0.1, 0.15) is 55.4 Å². The zero-order chi connectivity index (χ0) is 29.3. The van der Waals surface area contributed by atoms with E-state index < -0.39 is 46.8 Å². The zero-order valence-corrected chi connectivity index (χ0v) is 20.9. The van der Waals surface area contributed by atoms with Gasteiger partial charge in [0.25, 0.3) is 0 Å². The summed E-state index contributed by atoms with van der Waals surface area (Å²) < 4.78 is 120. The SMILES string of the molecule is CC(=O)[C@H](CC(C)C)c1cc(Nc2cc(C(F)(F)F)ccc2C(F)(F)F)cc(-c2ccc(C(F)(F)F)cc2)c1. The van der Waals surface area contributed by atoms with Crippen LogP contribution in [0.15, 0.2) is 60.7 Å². The number of nitrogens with one attached hydrogen (secondary N) is 1. The Morgan fingerprint density at radius 1 is 0.718 bits per heavy atom. The molecule has 3 aromatic rings. The molecule has 0 saturated heterocycles. The van der Waals surface area contributed by atoms with Crippen molar-refractivity contribution < 1.29 is 44.3 Å². The predicted molar refractivity (Wildman–Crippen MR) is 129 cm³/mol. The Morgan fingerprint density at radius 2 is 1.28 bits per heavy atom. The number of carbonyl (C=O) groups excluding carboxylic acids is 1. The first-order valence-corrected chi connectivity index (χ1v) is 11.7. The number of anilines is 2. The standard InChI is InChI=1S/C28H24F9NO/c1-15(2)10-23(16(3)39)19-11-18(17-4-6-20(7-5-17)26(29,30)31)12-22(13-19)38-25-14-21(27(32,33)34)8-9-24(25)28(35,36)37/h4-9,11-15,23,38H,10H2,1-3H3/t23-/m0/s1. The number of hydrogen-bond donors (Lipinski definition) is 1. The maximum absolute atomic E-state index is 13.7. The summed E-state index contributed by atoms with van der Waals surface area (Å²) in [6, 6.07) is 9.20. The molecule has 1 N–H and O–H groups in total. The lowest BCUT2D eigenvalue weighted by Gasteiger charge is -2.21. The number of ketones is 1. The van der Waals surface area contributed by atoms with Crippen molar-refractivity contribution in [2.45, 2.75) is 51.6 Å². The highest BCUT2D eigenvalue weighted by atomic mass is 19.4. The summed E-state index contributed by atoms with van der Waals surface area (Å²) in [6.45, 7) is 5.04. The molecule has 0 unspecified atom stereocenters. The summed E-state index contributed by atoms with van der Waals surface area (Å²) in [7, 11) is 0. The van der Waals surface area contributed by atoms with Crippen LogP contribution < -0.4 is 5.32 Å². The van der Waals surface area contributed by atoms with Gasteiger partial charge in [0.2, 0.25) is 0 Å². The number of halogens is 9. The van der Waals surface area contributed by atoms with E-state index in [1.807, 2.05) is 13.8 Å². The highest BCUT2D eigenvalue weighted by molar-refractivity contribution is 5.85. The van der Waals surface area contributed by atoms with E-state index in [0.717, 1.165) is 12.1 Å². The van der Waals surface area contributed by atoms with Crippen LogP contribution in [0.2, 0.25) is 0 Å². The van der Waals surface area contributed by atoms with Crippen molar-refractivity contribution in [3.63, 3.8) is 0 Å². The van der Waals surface area contributed by atoms with E-state index in [-0.39, 0.29) is 28.5 Å². The molecular formula is C28H24F9NO. The van der Waals surface area contributed by atoms with Gasteiger partial charge in [0.05, 0.1) is 22.4 Å². The zero-order valence-electron chi connectivity index (χ0n) is 20.9. The normalized spacial score (nSPS) is 13.5. The molecule has 0 bridgehead atoms. The van der Waals surface area contributed by atoms with Crippen LogP contribution >= 0.6 is 0 Å². The van der Waals surface area contributed by atoms with Crippen molar-refractivity contribution in [2.24, 2.45) is 5.92 Å². The summed E-state index contributed by atoms with van der Waals surface area (Å²) in [5.74, 6) is -0.928. The fraction of sp³-hybridized carbons (Fsp3) is 0.321. The highest BCUT2D eigenvalue weighted by Gasteiger charge is 2.37. The molecule has 0 fully saturated rings. The molecule has 210 valence electrons. The first kappa shape index (κ1) is 30.0. The van der Waals surface area contributed by atoms with E-state index in [0.29, 0.717) is 30.2 Å². The second-order valence-electron chi connectivity index (χ2n) is 9.59. The molecule has 0 aliphatic heterocycles. The molecule has 0 aliphatic rings. The van der Waals surface area contributed by atoms with Crippen LogP contribution in [0.3, 0.4) is 0 Å². The second-order valence-corrected chi connectivity index (χ2v) is 9.59. The van der Waals surface area contributed by atoms with Crippen molar-refractivity contribution >= 4 is 17.2 Å². The molecule has 0 radical (unpaired) electrons. The molecule has 39 heavy (non-hydrogen) atoms. The molecule has 3 rings (SSSR count). The fourth-order valence-corrected chi connectivity index (χ4v) is 4.18. The van der Waals surface area contributed by atoms with Crippen LogP contribution in [-0.4, -0.2) is 5.78 Å². The van der Waals surface area contributed by atoms with Gasteiger partial charge in [-0.05, 0) is 78.4 Å². The van der Waals surface area contributed by atoms with Crippen molar-refractivity contribution in [3.05, 3.63) is 82.9 Å². The van der Waals surface area contributed by atoms with Crippen LogP contribution in [0, 0.1) is 5.92 Å². The summed E-state index contributed by atoms with van der Waals surface area (Å²) in [6.07, 6.45) is -14.1. The van der Waals surface area contributed by atoms with Crippen LogP contribution in [0.25, 0.3) is 11.1 Å². The topological polar surface area (TPSA) is 29.1 Å². The highest BCUT2D eigenvalue weighted by Crippen LogP contribution is 2.41. The van der Waals surface area contributed by atoms with Gasteiger partial charge in [-0.25, -0.2) is 0 Å². The number of carbonyl (C=O) groups is 1. The lowest BCUT2D eigenvalue weighted by Crippen LogP contribution is -2.13. The lowest BCUT2D eigenvalue weighted by atomic mass is 9.85. The smallest absolute Gasteiger partial charge is 0.355 e. The Bertz CT molecular complexity index is 1320. The largest absolute Gasteiger partial charge is 0.418 e. The molecule has 0 heterocycles. The quantitative estimate of drug-likeness (QED) is 0.291. The van der Waals surface area contributed by atoms with E-state index in [1.165, 1.54) is 31.2 Å². The molecule has 2 nitrogen and oxygen atoms in total. The van der Waals surface area contributed by atoms with E-state index in [9.17, 15) is 44.3 Å². The van der Waals surface area contributed by atoms with Crippen molar-refractivity contribution in [3.8, 4) is 11.1 Å². The Hall–Kier alpha value is -3.50. The summed E-state index contributed by atoms with van der Waals surface area (Å²) in [4.78, 5) is 12.5. The van der Waals surface area contributed by atoms with Gasteiger partial charge >= 0.3 is 18.5 Å². The Labute approximate surface area is 218 Å². The molecular weight excluding hydrogens is 537 g/mol. The third-order valence-electron chi connectivity index (χ3n) is 6.03. The van der Waals surface area contributed by atoms with Gasteiger partial charge in [-0.3, -0.25) is 4.79 Å². The monoisotopic (exact) mass is 561 g/mol. The Balaban J connectivity index is 2.20. The molecule has 3 aromatic carbocycles. The third kappa shape index (κ3) is 7.54. The van der Waals surface area contributed by atoms with E-state index in [4.69, 9.17) is 0 Å². The first-order valence-electron chi connectivity index (χ1n) is 11.7. The maximum atomic E-state index is 13.7. The van der Waals surface area contributed by atoms with Gasteiger partial charge in [0.15, 0.2) is 0 Å². The molecule has 0 aliphatic carbocycles. The minimum atomic E-state index is -4.99. The summed E-state index contributed by atoms with van der Waals surface area (Å²) in [5, 5.41) is 2.41. The summed E-state index contributed by atoms with van der Waals surface area (Å²) in [5.41, 5.74) is -3.61. The molecule has 11 heteroatoms. The van der Waals surface area contributed by atoms with Crippen LogP contribution in [0.4, 0.5) is 50.9 Å². The van der Waals surface area contributed by atoms with Crippen molar-refractivity contribution in [1.29, 1.82) is 0 Å². The number of alkyl halides is 9. The predicted octanol–water partition coefficient (Wildman–Crippen LogP) is 9.87. The number of Topliss-reactive ketones (excluding diaryl/α,β-unsaturated/α-hetero) is 1. The second kappa shape index (κ2) is 10.9. The lowest BCUT2D eigenvalue weighted by molar-refractivity contribution is -0.140. The van der Waals surface area contributed by atoms with Gasteiger partial charge in [0, 0.05) is 11.6 Å². The molecule has 0 spiro atoms. The van der Waals surface area contributed by atoms with Crippen molar-refractivity contribution in [2.75, 3.05) is 5.32 Å². The molecule has 1 atom stereocenters. The van der Waals surface area contributed by atoms with Gasteiger partial charge in [-0.15, -0.1) is 0 Å². The van der Waals surface area contributed by atoms with E-state index in [2.05, 4.69) is 5.32 Å². The minimum absolute atomic E-state index is 0.0327. The minimum Gasteiger partial charge on any atom is -0.355 e. The average Bonchev–Trinajstić information content (AvgIpc) is 2.80. The number of benzene rings is 3. The van der Waals surface area contributed by atoms with Crippen LogP contribution in [-0.2, 0) is 23.3 Å². The fourth-order valence-electron chi connectivity index (χ4n) is 4.18. The van der Waals surface area contributed by atoms with E-state index in [1.54, 1.807) is 6.07 Å². The molecule has 0 aromatic heterocycles. The molecule has 0 amide bonds. The van der Waals surface area contributed by atoms with Gasteiger partial charge in [-0.1, -0.05) is 32.0 Å². The van der Waals surface area contributed by atoms with Gasteiger partial charge in [-0.2, -0.15) is 39.5 Å². The Kier molecular flexibility index (Phi) is 8.43. The maximum Gasteiger partial charge on any atom is 0.418 e. The summed E-state index contributed by atoms with van der Waals surface area (Å²) >= 11 is 0. The first-order chi connectivity index (χ1) is 17.9. The van der Waals surface area contributed by atoms with E-state index >= 15 is 0 Å². The van der Waals surface area contributed by atoms with Gasteiger partial charge in [0.1, 0.15) is 5.78 Å². The van der Waals surface area contributed by atoms with Gasteiger partial charge < -0.3 is 5.32 Å². The third-order valence-corrected chi connectivity index (χ3v) is 6.03. The average molecular weight is 561 g/mol. The van der Waals surface area contributed by atoms with Crippen molar-refractivity contribution in [1.82, 2.24) is 0 Å². The molecule has 0 saturated carbocycles. The Morgan fingerprint density at radius 3 is 1.77 bits per heavy atom. The number of hydrogen-bond acceptors (Lipinski definition) is 2. The van der Waals surface area contributed by atoms with Crippen LogP contribution in [0.5, 0.6) is 0 Å². The number of rotatable bonds is 7.